The Bertz CT molecular complexity index is 751. The number of hydrogen-bond donors (Lipinski definition) is 1. The summed E-state index contributed by atoms with van der Waals surface area (Å²) in [5, 5.41) is 3.84. The molecule has 6 heteroatoms. The van der Waals surface area contributed by atoms with E-state index in [1.165, 1.54) is 25.3 Å². The van der Waals surface area contributed by atoms with Crippen LogP contribution in [-0.4, -0.2) is 19.6 Å². The van der Waals surface area contributed by atoms with Gasteiger partial charge in [-0.25, -0.2) is 4.39 Å². The van der Waals surface area contributed by atoms with Crippen molar-refractivity contribution in [2.75, 3.05) is 28.2 Å². The molecule has 0 aromatic heterocycles. The van der Waals surface area contributed by atoms with Crippen molar-refractivity contribution < 1.29 is 4.39 Å². The molecule has 2 aromatic carbocycles. The molecule has 2 aliphatic heterocycles. The van der Waals surface area contributed by atoms with Gasteiger partial charge in [-0.3, -0.25) is 8.61 Å². The lowest BCUT2D eigenvalue weighted by atomic mass is 9.95. The number of rotatable bonds is 4. The smallest absolute Gasteiger partial charge is 0.149 e. The Kier molecular flexibility index (Phi) is 5.06. The van der Waals surface area contributed by atoms with Gasteiger partial charge in [0.25, 0.3) is 0 Å². The molecule has 2 heterocycles. The molecule has 0 unspecified atom stereocenters. The fourth-order valence-electron chi connectivity index (χ4n) is 3.48. The summed E-state index contributed by atoms with van der Waals surface area (Å²) in [6, 6.07) is 13.0. The van der Waals surface area contributed by atoms with Crippen LogP contribution in [0.25, 0.3) is 0 Å². The minimum Gasteiger partial charge on any atom is -0.317 e. The topological polar surface area (TPSA) is 18.5 Å². The summed E-state index contributed by atoms with van der Waals surface area (Å²) < 4.78 is 18.7. The number of para-hydroxylation sites is 2. The Morgan fingerprint density at radius 1 is 1.08 bits per heavy atom. The van der Waals surface area contributed by atoms with Crippen LogP contribution in [0.4, 0.5) is 21.5 Å². The highest BCUT2D eigenvalue weighted by atomic mass is 35.5. The molecule has 132 valence electrons. The van der Waals surface area contributed by atoms with Crippen LogP contribution in [0, 0.1) is 11.7 Å². The van der Waals surface area contributed by atoms with E-state index in [2.05, 4.69) is 15.7 Å². The van der Waals surface area contributed by atoms with Crippen LogP contribution in [0.2, 0.25) is 5.02 Å². The normalized spacial score (nSPS) is 17.8. The van der Waals surface area contributed by atoms with Gasteiger partial charge in [-0.2, -0.15) is 0 Å². The van der Waals surface area contributed by atoms with E-state index in [4.69, 9.17) is 11.6 Å². The molecule has 1 saturated heterocycles. The summed E-state index contributed by atoms with van der Waals surface area (Å²) in [5.74, 6) is 0.477. The lowest BCUT2D eigenvalue weighted by molar-refractivity contribution is 0.359. The summed E-state index contributed by atoms with van der Waals surface area (Å²) in [5.41, 5.74) is 2.72. The minimum atomic E-state index is -0.296. The second kappa shape index (κ2) is 7.44. The van der Waals surface area contributed by atoms with Gasteiger partial charge >= 0.3 is 0 Å². The van der Waals surface area contributed by atoms with Gasteiger partial charge in [0.2, 0.25) is 0 Å². The van der Waals surface area contributed by atoms with Gasteiger partial charge in [-0.05, 0) is 68.6 Å². The predicted octanol–water partition coefficient (Wildman–Crippen LogP) is 5.39. The largest absolute Gasteiger partial charge is 0.317 e. The molecule has 0 radical (unpaired) electrons. The monoisotopic (exact) mass is 377 g/mol. The highest BCUT2D eigenvalue weighted by molar-refractivity contribution is 8.02. The summed E-state index contributed by atoms with van der Waals surface area (Å²) >= 11 is 7.48. The van der Waals surface area contributed by atoms with E-state index in [-0.39, 0.29) is 5.82 Å². The lowest BCUT2D eigenvalue weighted by Crippen LogP contribution is -2.29. The SMILES string of the molecule is Fc1cc(Cl)ccc1N1SN(CCC2CCNCC2)c2ccccc21. The molecule has 0 bridgehead atoms. The van der Waals surface area contributed by atoms with Crippen LogP contribution < -0.4 is 13.9 Å². The van der Waals surface area contributed by atoms with E-state index in [0.717, 1.165) is 36.9 Å². The predicted molar refractivity (Wildman–Crippen MR) is 105 cm³/mol. The van der Waals surface area contributed by atoms with E-state index < -0.39 is 0 Å². The molecule has 2 aliphatic rings. The van der Waals surface area contributed by atoms with Crippen molar-refractivity contribution >= 4 is 40.8 Å². The van der Waals surface area contributed by atoms with E-state index >= 15 is 0 Å². The minimum absolute atomic E-state index is 0.296. The first-order valence-electron chi connectivity index (χ1n) is 8.73. The fourth-order valence-corrected chi connectivity index (χ4v) is 4.75. The Labute approximate surface area is 157 Å². The lowest BCUT2D eigenvalue weighted by Gasteiger charge is -2.25. The number of nitrogens with zero attached hydrogens (tertiary/aromatic N) is 2. The Balaban J connectivity index is 1.55. The Morgan fingerprint density at radius 3 is 2.60 bits per heavy atom. The molecule has 4 rings (SSSR count). The van der Waals surface area contributed by atoms with Crippen molar-refractivity contribution in [2.24, 2.45) is 5.92 Å². The molecule has 0 aliphatic carbocycles. The summed E-state index contributed by atoms with van der Waals surface area (Å²) in [6.45, 7) is 3.21. The van der Waals surface area contributed by atoms with Crippen molar-refractivity contribution in [1.29, 1.82) is 0 Å². The fraction of sp³-hybridized carbons (Fsp3) is 0.368. The molecule has 3 nitrogen and oxygen atoms in total. The van der Waals surface area contributed by atoms with Crippen molar-refractivity contribution in [2.45, 2.75) is 19.3 Å². The van der Waals surface area contributed by atoms with Crippen LogP contribution >= 0.6 is 23.7 Å². The van der Waals surface area contributed by atoms with E-state index in [1.54, 1.807) is 24.3 Å². The van der Waals surface area contributed by atoms with Gasteiger partial charge in [0.05, 0.1) is 29.2 Å². The standard InChI is InChI=1S/C19H21ClFN3S/c20-15-5-6-17(16(21)13-15)24-19-4-2-1-3-18(19)23(25-24)12-9-14-7-10-22-11-8-14/h1-6,13-14,22H,7-12H2. The zero-order chi connectivity index (χ0) is 17.2. The van der Waals surface area contributed by atoms with E-state index in [1.807, 2.05) is 22.5 Å². The maximum absolute atomic E-state index is 14.4. The molecule has 0 spiro atoms. The van der Waals surface area contributed by atoms with Gasteiger partial charge in [-0.1, -0.05) is 23.7 Å². The molecule has 1 N–H and O–H groups in total. The van der Waals surface area contributed by atoms with Crippen LogP contribution in [-0.2, 0) is 0 Å². The van der Waals surface area contributed by atoms with Crippen LogP contribution in [0.5, 0.6) is 0 Å². The third-order valence-corrected chi connectivity index (χ3v) is 6.25. The Morgan fingerprint density at radius 2 is 1.84 bits per heavy atom. The van der Waals surface area contributed by atoms with Crippen LogP contribution in [0.15, 0.2) is 42.5 Å². The third-order valence-electron chi connectivity index (χ3n) is 4.88. The molecule has 2 aromatic rings. The second-order valence-electron chi connectivity index (χ2n) is 6.54. The summed E-state index contributed by atoms with van der Waals surface area (Å²) in [4.78, 5) is 0. The molecular formula is C19H21ClFN3S. The quantitative estimate of drug-likeness (QED) is 0.719. The zero-order valence-electron chi connectivity index (χ0n) is 13.9. The molecule has 1 fully saturated rings. The van der Waals surface area contributed by atoms with Crippen molar-refractivity contribution in [1.82, 2.24) is 5.32 Å². The average Bonchev–Trinajstić information content (AvgIpc) is 3.00. The second-order valence-corrected chi connectivity index (χ2v) is 7.95. The van der Waals surface area contributed by atoms with Crippen LogP contribution in [0.3, 0.4) is 0 Å². The maximum Gasteiger partial charge on any atom is 0.149 e. The van der Waals surface area contributed by atoms with Crippen molar-refractivity contribution in [3.05, 3.63) is 53.3 Å². The maximum atomic E-state index is 14.4. The number of nitrogens with one attached hydrogen (secondary N) is 1. The first kappa shape index (κ1) is 17.0. The number of piperidine rings is 1. The van der Waals surface area contributed by atoms with Gasteiger partial charge in [0, 0.05) is 11.6 Å². The summed E-state index contributed by atoms with van der Waals surface area (Å²) in [6.07, 6.45) is 3.66. The Hall–Kier alpha value is -1.43. The highest BCUT2D eigenvalue weighted by Gasteiger charge is 2.30. The van der Waals surface area contributed by atoms with E-state index in [9.17, 15) is 4.39 Å². The number of fused-ring (bicyclic) bond motifs is 1. The number of halogens is 2. The highest BCUT2D eigenvalue weighted by Crippen LogP contribution is 2.49. The zero-order valence-corrected chi connectivity index (χ0v) is 15.5. The third kappa shape index (κ3) is 3.59. The number of anilines is 3. The van der Waals surface area contributed by atoms with Gasteiger partial charge < -0.3 is 5.32 Å². The van der Waals surface area contributed by atoms with Crippen molar-refractivity contribution in [3.63, 3.8) is 0 Å². The molecule has 0 saturated carbocycles. The molecule has 0 amide bonds. The van der Waals surface area contributed by atoms with Crippen molar-refractivity contribution in [3.8, 4) is 0 Å². The summed E-state index contributed by atoms with van der Waals surface area (Å²) in [7, 11) is 0. The number of benzene rings is 2. The average molecular weight is 378 g/mol. The van der Waals surface area contributed by atoms with Gasteiger partial charge in [0.1, 0.15) is 5.82 Å². The van der Waals surface area contributed by atoms with E-state index in [0.29, 0.717) is 10.7 Å². The van der Waals surface area contributed by atoms with Gasteiger partial charge in [0.15, 0.2) is 0 Å². The van der Waals surface area contributed by atoms with Crippen LogP contribution in [0.1, 0.15) is 19.3 Å². The molecule has 25 heavy (non-hydrogen) atoms. The first-order chi connectivity index (χ1) is 12.2. The van der Waals surface area contributed by atoms with Gasteiger partial charge in [-0.15, -0.1) is 0 Å². The number of hydrogen-bond acceptors (Lipinski definition) is 4. The molecular weight excluding hydrogens is 357 g/mol. The molecule has 0 atom stereocenters. The first-order valence-corrected chi connectivity index (χ1v) is 9.84.